The van der Waals surface area contributed by atoms with E-state index >= 15 is 0 Å². The van der Waals surface area contributed by atoms with E-state index in [4.69, 9.17) is 28.4 Å². The maximum atomic E-state index is 11.6. The number of ether oxygens (including phenoxy) is 6. The highest BCUT2D eigenvalue weighted by atomic mass is 16.9. The Morgan fingerprint density at radius 2 is 1.57 bits per heavy atom. The molecule has 3 aliphatic rings. The third-order valence-corrected chi connectivity index (χ3v) is 4.11. The van der Waals surface area contributed by atoms with Crippen molar-refractivity contribution in [1.29, 1.82) is 0 Å². The van der Waals surface area contributed by atoms with Crippen LogP contribution in [0.1, 0.15) is 47.5 Å². The van der Waals surface area contributed by atoms with Gasteiger partial charge in [-0.25, -0.2) is 0 Å². The molecule has 3 aliphatic heterocycles. The second-order valence-corrected chi connectivity index (χ2v) is 7.14. The standard InChI is InChI=1S/C16H26O7/c1-6-7-10(17)18-8-9-11-12(21-15(2,3)20-11)13-14(19-9)23-16(4,5)22-13/h9,11-14H,6-8H2,1-5H3/t9-,11-,12-,13+,14-/m0/s1. The number of fused-ring (bicyclic) bond motifs is 3. The molecule has 5 atom stereocenters. The molecule has 0 N–H and O–H groups in total. The Bertz CT molecular complexity index is 461. The molecule has 0 aliphatic carbocycles. The Labute approximate surface area is 136 Å². The van der Waals surface area contributed by atoms with Gasteiger partial charge in [0.1, 0.15) is 31.0 Å². The van der Waals surface area contributed by atoms with Crippen LogP contribution >= 0.6 is 0 Å². The zero-order chi connectivity index (χ0) is 16.8. The molecule has 7 nitrogen and oxygen atoms in total. The van der Waals surface area contributed by atoms with Gasteiger partial charge in [0.15, 0.2) is 17.9 Å². The van der Waals surface area contributed by atoms with Gasteiger partial charge in [-0.3, -0.25) is 4.79 Å². The van der Waals surface area contributed by atoms with Gasteiger partial charge in [0.2, 0.25) is 0 Å². The van der Waals surface area contributed by atoms with Crippen LogP contribution < -0.4 is 0 Å². The molecule has 0 aromatic heterocycles. The van der Waals surface area contributed by atoms with Gasteiger partial charge < -0.3 is 28.4 Å². The summed E-state index contributed by atoms with van der Waals surface area (Å²) in [5, 5.41) is 0. The molecule has 3 heterocycles. The zero-order valence-electron chi connectivity index (χ0n) is 14.4. The summed E-state index contributed by atoms with van der Waals surface area (Å²) >= 11 is 0. The lowest BCUT2D eigenvalue weighted by Gasteiger charge is -2.36. The van der Waals surface area contributed by atoms with E-state index in [1.54, 1.807) is 0 Å². The predicted molar refractivity (Wildman–Crippen MR) is 78.4 cm³/mol. The molecular weight excluding hydrogens is 304 g/mol. The lowest BCUT2D eigenvalue weighted by Crippen LogP contribution is -2.56. The summed E-state index contributed by atoms with van der Waals surface area (Å²) < 4.78 is 34.9. The van der Waals surface area contributed by atoms with Crippen molar-refractivity contribution in [3.63, 3.8) is 0 Å². The van der Waals surface area contributed by atoms with Crippen LogP contribution in [0.3, 0.4) is 0 Å². The minimum absolute atomic E-state index is 0.118. The van der Waals surface area contributed by atoms with E-state index in [9.17, 15) is 4.79 Å². The Hall–Kier alpha value is -0.730. The fraction of sp³-hybridized carbons (Fsp3) is 0.938. The number of carbonyl (C=O) groups excluding carboxylic acids is 1. The third-order valence-electron chi connectivity index (χ3n) is 4.11. The number of carbonyl (C=O) groups is 1. The second kappa shape index (κ2) is 5.97. The monoisotopic (exact) mass is 330 g/mol. The van der Waals surface area contributed by atoms with Gasteiger partial charge in [0.25, 0.3) is 0 Å². The summed E-state index contributed by atoms with van der Waals surface area (Å²) in [6.07, 6.45) is -0.903. The maximum Gasteiger partial charge on any atom is 0.305 e. The minimum atomic E-state index is -0.746. The fourth-order valence-electron chi connectivity index (χ4n) is 3.28. The van der Waals surface area contributed by atoms with Gasteiger partial charge in [0, 0.05) is 6.42 Å². The average molecular weight is 330 g/mol. The zero-order valence-corrected chi connectivity index (χ0v) is 14.4. The van der Waals surface area contributed by atoms with Crippen molar-refractivity contribution in [2.24, 2.45) is 0 Å². The number of esters is 1. The summed E-state index contributed by atoms with van der Waals surface area (Å²) in [6, 6.07) is 0. The van der Waals surface area contributed by atoms with E-state index < -0.39 is 24.0 Å². The smallest absolute Gasteiger partial charge is 0.305 e. The highest BCUT2D eigenvalue weighted by molar-refractivity contribution is 5.69. The minimum Gasteiger partial charge on any atom is -0.463 e. The van der Waals surface area contributed by atoms with Gasteiger partial charge in [-0.05, 0) is 34.1 Å². The first-order valence-corrected chi connectivity index (χ1v) is 8.23. The summed E-state index contributed by atoms with van der Waals surface area (Å²) in [4.78, 5) is 11.6. The molecule has 0 aromatic rings. The largest absolute Gasteiger partial charge is 0.463 e. The van der Waals surface area contributed by atoms with Gasteiger partial charge in [-0.2, -0.15) is 0 Å². The maximum absolute atomic E-state index is 11.6. The lowest BCUT2D eigenvalue weighted by atomic mass is 9.99. The van der Waals surface area contributed by atoms with Crippen LogP contribution in [0.5, 0.6) is 0 Å². The highest BCUT2D eigenvalue weighted by Crippen LogP contribution is 2.44. The molecule has 132 valence electrons. The number of hydrogen-bond donors (Lipinski definition) is 0. The molecule has 3 saturated heterocycles. The van der Waals surface area contributed by atoms with Gasteiger partial charge >= 0.3 is 5.97 Å². The lowest BCUT2D eigenvalue weighted by molar-refractivity contribution is -0.242. The number of rotatable bonds is 4. The predicted octanol–water partition coefficient (Wildman–Crippen LogP) is 1.73. The van der Waals surface area contributed by atoms with Crippen LogP contribution in [0.4, 0.5) is 0 Å². The summed E-state index contributed by atoms with van der Waals surface area (Å²) in [6.45, 7) is 9.42. The van der Waals surface area contributed by atoms with E-state index in [1.165, 1.54) is 0 Å². The van der Waals surface area contributed by atoms with E-state index in [1.807, 2.05) is 34.6 Å². The molecule has 0 spiro atoms. The van der Waals surface area contributed by atoms with E-state index in [0.717, 1.165) is 6.42 Å². The second-order valence-electron chi connectivity index (χ2n) is 7.14. The summed E-state index contributed by atoms with van der Waals surface area (Å²) in [5.41, 5.74) is 0. The van der Waals surface area contributed by atoms with Crippen LogP contribution in [0.25, 0.3) is 0 Å². The first kappa shape index (κ1) is 17.1. The van der Waals surface area contributed by atoms with E-state index in [0.29, 0.717) is 6.42 Å². The molecule has 0 radical (unpaired) electrons. The van der Waals surface area contributed by atoms with Crippen LogP contribution in [-0.4, -0.2) is 54.9 Å². The molecule has 7 heteroatoms. The van der Waals surface area contributed by atoms with Crippen molar-refractivity contribution in [2.45, 2.75) is 89.7 Å². The topological polar surface area (TPSA) is 72.5 Å². The van der Waals surface area contributed by atoms with Crippen molar-refractivity contribution in [2.75, 3.05) is 6.61 Å². The molecule has 3 rings (SSSR count). The Balaban J connectivity index is 1.72. The molecular formula is C16H26O7. The van der Waals surface area contributed by atoms with E-state index in [-0.39, 0.29) is 30.9 Å². The fourth-order valence-corrected chi connectivity index (χ4v) is 3.28. The van der Waals surface area contributed by atoms with Crippen LogP contribution in [0.15, 0.2) is 0 Å². The van der Waals surface area contributed by atoms with Crippen LogP contribution in [0.2, 0.25) is 0 Å². The van der Waals surface area contributed by atoms with Crippen molar-refractivity contribution in [3.05, 3.63) is 0 Å². The molecule has 0 saturated carbocycles. The number of hydrogen-bond acceptors (Lipinski definition) is 7. The quantitative estimate of drug-likeness (QED) is 0.727. The molecule has 3 fully saturated rings. The molecule has 0 unspecified atom stereocenters. The first-order chi connectivity index (χ1) is 10.7. The van der Waals surface area contributed by atoms with Crippen LogP contribution in [0, 0.1) is 0 Å². The van der Waals surface area contributed by atoms with Crippen molar-refractivity contribution in [3.8, 4) is 0 Å². The highest BCUT2D eigenvalue weighted by Gasteiger charge is 2.60. The average Bonchev–Trinajstić information content (AvgIpc) is 2.90. The molecule has 0 aromatic carbocycles. The normalized spacial score (nSPS) is 40.5. The Morgan fingerprint density at radius 3 is 2.26 bits per heavy atom. The summed E-state index contributed by atoms with van der Waals surface area (Å²) in [7, 11) is 0. The molecule has 23 heavy (non-hydrogen) atoms. The third kappa shape index (κ3) is 3.53. The SMILES string of the molecule is CCCC(=O)OC[C@@H]1O[C@H]2OC(C)(C)O[C@@H]2[C@H]2OC(C)(C)O[C@H]21. The molecule has 0 bridgehead atoms. The van der Waals surface area contributed by atoms with E-state index in [2.05, 4.69) is 0 Å². The van der Waals surface area contributed by atoms with Crippen LogP contribution in [-0.2, 0) is 33.2 Å². The Morgan fingerprint density at radius 1 is 0.957 bits per heavy atom. The van der Waals surface area contributed by atoms with Gasteiger partial charge in [-0.1, -0.05) is 6.92 Å². The van der Waals surface area contributed by atoms with Crippen molar-refractivity contribution < 1.29 is 33.2 Å². The first-order valence-electron chi connectivity index (χ1n) is 8.23. The van der Waals surface area contributed by atoms with Crippen molar-refractivity contribution >= 4 is 5.97 Å². The van der Waals surface area contributed by atoms with Gasteiger partial charge in [0.05, 0.1) is 0 Å². The Kier molecular flexibility index (Phi) is 4.44. The molecule has 0 amide bonds. The summed E-state index contributed by atoms with van der Waals surface area (Å²) in [5.74, 6) is -1.73. The van der Waals surface area contributed by atoms with Gasteiger partial charge in [-0.15, -0.1) is 0 Å². The van der Waals surface area contributed by atoms with Crippen molar-refractivity contribution in [1.82, 2.24) is 0 Å².